The molecule has 29 heavy (non-hydrogen) atoms. The van der Waals surface area contributed by atoms with Crippen LogP contribution >= 0.6 is 23.6 Å². The summed E-state index contributed by atoms with van der Waals surface area (Å²) in [4.78, 5) is 32.5. The lowest BCUT2D eigenvalue weighted by molar-refractivity contribution is -0.116. The lowest BCUT2D eigenvalue weighted by Crippen LogP contribution is -2.25. The first-order chi connectivity index (χ1) is 14.0. The number of nitrogens with one attached hydrogen (secondary N) is 2. The van der Waals surface area contributed by atoms with E-state index in [2.05, 4.69) is 15.3 Å². The summed E-state index contributed by atoms with van der Waals surface area (Å²) in [7, 11) is 0. The Labute approximate surface area is 175 Å². The number of carbonyl (C=O) groups excluding carboxylic acids is 1. The molecule has 2 aromatic carbocycles. The van der Waals surface area contributed by atoms with Crippen molar-refractivity contribution >= 4 is 45.5 Å². The largest absolute Gasteiger partial charge is 0.332 e. The van der Waals surface area contributed by atoms with Gasteiger partial charge in [0.15, 0.2) is 9.90 Å². The number of thiazole rings is 1. The fraction of sp³-hybridized carbons (Fsp3) is 0.143. The predicted molar refractivity (Wildman–Crippen MR) is 119 cm³/mol. The Morgan fingerprint density at radius 3 is 2.76 bits per heavy atom. The van der Waals surface area contributed by atoms with Gasteiger partial charge in [-0.15, -0.1) is 11.3 Å². The number of amides is 1. The first-order valence-electron chi connectivity index (χ1n) is 9.05. The highest BCUT2D eigenvalue weighted by Gasteiger charge is 2.10. The van der Waals surface area contributed by atoms with Gasteiger partial charge in [-0.05, 0) is 31.3 Å². The van der Waals surface area contributed by atoms with Gasteiger partial charge in [-0.25, -0.2) is 4.98 Å². The fourth-order valence-corrected chi connectivity index (χ4v) is 4.01. The number of fused-ring (bicyclic) bond motifs is 1. The molecule has 0 bridgehead atoms. The molecule has 0 aliphatic heterocycles. The molecule has 0 unspecified atom stereocenters. The molecule has 0 spiro atoms. The molecule has 6 nitrogen and oxygen atoms in total. The summed E-state index contributed by atoms with van der Waals surface area (Å²) in [6.07, 6.45) is 0.120. The number of anilines is 1. The Bertz CT molecular complexity index is 1300. The number of benzene rings is 2. The predicted octanol–water partition coefficient (Wildman–Crippen LogP) is 4.52. The van der Waals surface area contributed by atoms with Gasteiger partial charge < -0.3 is 10.3 Å². The molecule has 4 rings (SSSR count). The molecule has 1 amide bonds. The zero-order valence-corrected chi connectivity index (χ0v) is 17.3. The molecule has 8 heteroatoms. The summed E-state index contributed by atoms with van der Waals surface area (Å²) >= 11 is 6.65. The Hall–Kier alpha value is -3.10. The van der Waals surface area contributed by atoms with Gasteiger partial charge >= 0.3 is 0 Å². The third-order valence-electron chi connectivity index (χ3n) is 4.55. The average molecular weight is 423 g/mol. The van der Waals surface area contributed by atoms with Crippen LogP contribution < -0.4 is 10.9 Å². The summed E-state index contributed by atoms with van der Waals surface area (Å²) in [6, 6.07) is 15.2. The number of para-hydroxylation sites is 1. The first kappa shape index (κ1) is 19.2. The topological polar surface area (TPSA) is 79.8 Å². The molecule has 2 aromatic heterocycles. The van der Waals surface area contributed by atoms with Gasteiger partial charge in [-0.3, -0.25) is 14.2 Å². The number of aromatic nitrogens is 3. The molecule has 0 saturated carbocycles. The number of carbonyl (C=O) groups is 1. The number of nitrogens with zero attached hydrogens (tertiary/aromatic N) is 2. The van der Waals surface area contributed by atoms with Crippen molar-refractivity contribution in [3.8, 4) is 11.3 Å². The van der Waals surface area contributed by atoms with Crippen LogP contribution in [-0.4, -0.2) is 20.4 Å². The van der Waals surface area contributed by atoms with Crippen LogP contribution in [-0.2, 0) is 11.3 Å². The fourth-order valence-electron chi connectivity index (χ4n) is 2.99. The monoisotopic (exact) mass is 422 g/mol. The van der Waals surface area contributed by atoms with Crippen LogP contribution in [0.25, 0.3) is 22.2 Å². The number of hydrogen-bond acceptors (Lipinski definition) is 5. The van der Waals surface area contributed by atoms with E-state index in [0.29, 0.717) is 20.8 Å². The van der Waals surface area contributed by atoms with Crippen molar-refractivity contribution in [3.63, 3.8) is 0 Å². The van der Waals surface area contributed by atoms with E-state index in [9.17, 15) is 9.59 Å². The van der Waals surface area contributed by atoms with Crippen molar-refractivity contribution in [1.29, 1.82) is 0 Å². The number of rotatable bonds is 5. The van der Waals surface area contributed by atoms with Crippen molar-refractivity contribution in [3.05, 3.63) is 74.6 Å². The van der Waals surface area contributed by atoms with Crippen molar-refractivity contribution < 1.29 is 4.79 Å². The molecule has 0 aliphatic carbocycles. The summed E-state index contributed by atoms with van der Waals surface area (Å²) in [5.41, 5.74) is 3.49. The van der Waals surface area contributed by atoms with E-state index in [1.807, 2.05) is 42.6 Å². The normalized spacial score (nSPS) is 10.9. The van der Waals surface area contributed by atoms with Crippen molar-refractivity contribution in [2.75, 3.05) is 5.32 Å². The Balaban J connectivity index is 1.45. The highest BCUT2D eigenvalue weighted by atomic mass is 32.1. The number of H-pyrrole nitrogens is 1. The minimum atomic E-state index is -0.218. The van der Waals surface area contributed by atoms with E-state index in [0.717, 1.165) is 11.3 Å². The number of aromatic amines is 1. The molecular formula is C21H18N4O2S2. The molecule has 4 aromatic rings. The highest BCUT2D eigenvalue weighted by molar-refractivity contribution is 7.71. The van der Waals surface area contributed by atoms with E-state index in [-0.39, 0.29) is 24.4 Å². The van der Waals surface area contributed by atoms with Gasteiger partial charge in [-0.2, -0.15) is 0 Å². The van der Waals surface area contributed by atoms with Crippen molar-refractivity contribution in [2.24, 2.45) is 0 Å². The van der Waals surface area contributed by atoms with Gasteiger partial charge in [0, 0.05) is 23.9 Å². The van der Waals surface area contributed by atoms with E-state index < -0.39 is 0 Å². The molecule has 2 N–H and O–H groups in total. The minimum Gasteiger partial charge on any atom is -0.332 e. The number of hydrogen-bond donors (Lipinski definition) is 2. The van der Waals surface area contributed by atoms with Gasteiger partial charge in [-0.1, -0.05) is 42.0 Å². The van der Waals surface area contributed by atoms with E-state index in [1.165, 1.54) is 21.5 Å². The maximum Gasteiger partial charge on any atom is 0.262 e. The van der Waals surface area contributed by atoms with Gasteiger partial charge in [0.1, 0.15) is 0 Å². The molecule has 2 heterocycles. The molecule has 0 radical (unpaired) electrons. The molecule has 0 fully saturated rings. The van der Waals surface area contributed by atoms with Gasteiger partial charge in [0.25, 0.3) is 5.56 Å². The molecule has 0 aliphatic rings. The summed E-state index contributed by atoms with van der Waals surface area (Å²) in [6.45, 7) is 2.23. The maximum atomic E-state index is 12.6. The van der Waals surface area contributed by atoms with Crippen LogP contribution in [0, 0.1) is 11.7 Å². The third-order valence-corrected chi connectivity index (χ3v) is 5.63. The second-order valence-electron chi connectivity index (χ2n) is 6.63. The Morgan fingerprint density at radius 2 is 1.97 bits per heavy atom. The summed E-state index contributed by atoms with van der Waals surface area (Å²) < 4.78 is 1.72. The van der Waals surface area contributed by atoms with Crippen molar-refractivity contribution in [2.45, 2.75) is 19.9 Å². The lowest BCUT2D eigenvalue weighted by Gasteiger charge is -2.08. The standard InChI is InChI=1S/C21H18N4O2S2/c1-13-6-8-14(9-7-13)17-12-29-20(22-17)24-18(26)10-11-25-19(27)15-4-2-3-5-16(15)23-21(25)28/h2-9,12H,10-11H2,1H3,(H,23,28)(H,22,24,26). The second kappa shape index (κ2) is 8.10. The van der Waals surface area contributed by atoms with Crippen LogP contribution in [0.5, 0.6) is 0 Å². The third kappa shape index (κ3) is 4.18. The smallest absolute Gasteiger partial charge is 0.262 e. The number of aryl methyl sites for hydroxylation is 1. The van der Waals surface area contributed by atoms with Crippen LogP contribution in [0.1, 0.15) is 12.0 Å². The van der Waals surface area contributed by atoms with E-state index in [1.54, 1.807) is 18.2 Å². The second-order valence-corrected chi connectivity index (χ2v) is 7.88. The quantitative estimate of drug-likeness (QED) is 0.464. The molecular weight excluding hydrogens is 404 g/mol. The van der Waals surface area contributed by atoms with Gasteiger partial charge in [0.2, 0.25) is 5.91 Å². The maximum absolute atomic E-state index is 12.6. The van der Waals surface area contributed by atoms with Crippen LogP contribution in [0.4, 0.5) is 5.13 Å². The van der Waals surface area contributed by atoms with E-state index >= 15 is 0 Å². The zero-order chi connectivity index (χ0) is 20.4. The Kier molecular flexibility index (Phi) is 5.37. The van der Waals surface area contributed by atoms with Crippen LogP contribution in [0.3, 0.4) is 0 Å². The van der Waals surface area contributed by atoms with Crippen LogP contribution in [0.2, 0.25) is 0 Å². The first-order valence-corrected chi connectivity index (χ1v) is 10.3. The molecule has 0 saturated heterocycles. The SMILES string of the molecule is Cc1ccc(-c2csc(NC(=O)CCn3c(=S)[nH]c4ccccc4c3=O)n2)cc1. The molecule has 146 valence electrons. The zero-order valence-electron chi connectivity index (χ0n) is 15.6. The van der Waals surface area contributed by atoms with Gasteiger partial charge in [0.05, 0.1) is 16.6 Å². The van der Waals surface area contributed by atoms with E-state index in [4.69, 9.17) is 12.2 Å². The van der Waals surface area contributed by atoms with Crippen LogP contribution in [0.15, 0.2) is 58.7 Å². The average Bonchev–Trinajstić information content (AvgIpc) is 3.16. The highest BCUT2D eigenvalue weighted by Crippen LogP contribution is 2.25. The van der Waals surface area contributed by atoms with Crippen molar-refractivity contribution in [1.82, 2.24) is 14.5 Å². The summed E-state index contributed by atoms with van der Waals surface area (Å²) in [5.74, 6) is -0.218. The lowest BCUT2D eigenvalue weighted by atomic mass is 10.1. The molecule has 0 atom stereocenters. The Morgan fingerprint density at radius 1 is 1.21 bits per heavy atom. The summed E-state index contributed by atoms with van der Waals surface area (Å²) in [5, 5.41) is 5.78. The minimum absolute atomic E-state index is 0.120.